The number of carbonyl (C=O) groups excluding carboxylic acids is 1. The number of carbonyl (C=O) groups is 2. The summed E-state index contributed by atoms with van der Waals surface area (Å²) in [6, 6.07) is 5.07. The number of halogens is 1. The zero-order valence-corrected chi connectivity index (χ0v) is 10.4. The average molecular weight is 284 g/mol. The van der Waals surface area contributed by atoms with Gasteiger partial charge in [0, 0.05) is 10.6 Å². The first kappa shape index (κ1) is 13.4. The van der Waals surface area contributed by atoms with E-state index in [2.05, 4.69) is 4.84 Å². The van der Waals surface area contributed by atoms with E-state index < -0.39 is 18.5 Å². The van der Waals surface area contributed by atoms with Crippen LogP contribution in [0, 0.1) is 0 Å². The summed E-state index contributed by atoms with van der Waals surface area (Å²) in [5, 5.41) is 8.90. The largest absolute Gasteiger partial charge is 0.488 e. The predicted octanol–water partition coefficient (Wildman–Crippen LogP) is 1.25. The van der Waals surface area contributed by atoms with Crippen molar-refractivity contribution in [2.75, 3.05) is 13.2 Å². The van der Waals surface area contributed by atoms with Crippen LogP contribution in [0.15, 0.2) is 23.8 Å². The molecule has 0 saturated carbocycles. The maximum Gasteiger partial charge on any atom is 0.332 e. The van der Waals surface area contributed by atoms with Gasteiger partial charge >= 0.3 is 5.97 Å². The number of benzene rings is 1. The van der Waals surface area contributed by atoms with Gasteiger partial charge in [0.1, 0.15) is 12.4 Å². The molecular weight excluding hydrogens is 274 g/mol. The summed E-state index contributed by atoms with van der Waals surface area (Å²) in [5.74, 6) is -1.09. The molecule has 0 aliphatic carbocycles. The van der Waals surface area contributed by atoms with Gasteiger partial charge in [0.2, 0.25) is 0 Å². The molecule has 0 spiro atoms. The van der Waals surface area contributed by atoms with Gasteiger partial charge in [-0.05, 0) is 24.3 Å². The third-order valence-corrected chi connectivity index (χ3v) is 2.57. The molecule has 1 aromatic rings. The van der Waals surface area contributed by atoms with Crippen molar-refractivity contribution >= 4 is 29.6 Å². The lowest BCUT2D eigenvalue weighted by Gasteiger charge is -2.17. The van der Waals surface area contributed by atoms with Crippen molar-refractivity contribution in [1.29, 1.82) is 0 Å². The van der Waals surface area contributed by atoms with Gasteiger partial charge in [0.05, 0.1) is 5.57 Å². The van der Waals surface area contributed by atoms with Gasteiger partial charge in [0.25, 0.3) is 5.91 Å². The normalized spacial score (nSPS) is 13.0. The molecule has 0 unspecified atom stereocenters. The third-order valence-electron chi connectivity index (χ3n) is 2.34. The summed E-state index contributed by atoms with van der Waals surface area (Å²) in [7, 11) is 0. The highest BCUT2D eigenvalue weighted by molar-refractivity contribution is 6.30. The van der Waals surface area contributed by atoms with E-state index in [9.17, 15) is 9.59 Å². The molecule has 0 saturated heterocycles. The zero-order chi connectivity index (χ0) is 13.8. The van der Waals surface area contributed by atoms with Crippen LogP contribution in [0.1, 0.15) is 5.56 Å². The second kappa shape index (κ2) is 5.73. The fraction of sp³-hybridized carbons (Fsp3) is 0.167. The Morgan fingerprint density at radius 3 is 3.00 bits per heavy atom. The Morgan fingerprint density at radius 2 is 2.26 bits per heavy atom. The molecule has 1 aliphatic rings. The summed E-state index contributed by atoms with van der Waals surface area (Å²) in [5.41, 5.74) is 3.03. The molecular formula is C12H10ClNO5. The Balaban J connectivity index is 2.05. The summed E-state index contributed by atoms with van der Waals surface area (Å²) >= 11 is 5.85. The van der Waals surface area contributed by atoms with E-state index in [1.165, 1.54) is 0 Å². The summed E-state index contributed by atoms with van der Waals surface area (Å²) < 4.78 is 5.38. The number of carboxylic acids is 1. The van der Waals surface area contributed by atoms with Crippen LogP contribution in [0.4, 0.5) is 0 Å². The van der Waals surface area contributed by atoms with Crippen LogP contribution < -0.4 is 10.2 Å². The highest BCUT2D eigenvalue weighted by atomic mass is 35.5. The Labute approximate surface area is 113 Å². The average Bonchev–Trinajstić information content (AvgIpc) is 2.37. The highest BCUT2D eigenvalue weighted by Crippen LogP contribution is 2.28. The molecule has 0 radical (unpaired) electrons. The molecule has 100 valence electrons. The van der Waals surface area contributed by atoms with Crippen LogP contribution in [0.25, 0.3) is 6.08 Å². The van der Waals surface area contributed by atoms with Gasteiger partial charge in [0.15, 0.2) is 6.61 Å². The van der Waals surface area contributed by atoms with Crippen molar-refractivity contribution in [3.05, 3.63) is 34.4 Å². The van der Waals surface area contributed by atoms with E-state index in [1.807, 2.05) is 5.48 Å². The molecule has 2 rings (SSSR count). The van der Waals surface area contributed by atoms with E-state index in [4.69, 9.17) is 21.4 Å². The Hall–Kier alpha value is -2.05. The first-order valence-electron chi connectivity index (χ1n) is 5.33. The molecule has 0 aromatic heterocycles. The molecule has 1 amide bonds. The second-order valence-corrected chi connectivity index (χ2v) is 4.19. The van der Waals surface area contributed by atoms with E-state index in [0.717, 1.165) is 0 Å². The first-order chi connectivity index (χ1) is 9.06. The molecule has 2 N–H and O–H groups in total. The van der Waals surface area contributed by atoms with Crippen LogP contribution >= 0.6 is 11.6 Å². The number of hydrogen-bond donors (Lipinski definition) is 2. The van der Waals surface area contributed by atoms with Crippen LogP contribution in [0.2, 0.25) is 5.02 Å². The number of fused-ring (bicyclic) bond motifs is 1. The highest BCUT2D eigenvalue weighted by Gasteiger charge is 2.17. The maximum absolute atomic E-state index is 11.7. The van der Waals surface area contributed by atoms with Gasteiger partial charge in [-0.3, -0.25) is 9.63 Å². The topological polar surface area (TPSA) is 84.9 Å². The van der Waals surface area contributed by atoms with Crippen LogP contribution in [0.5, 0.6) is 5.75 Å². The minimum Gasteiger partial charge on any atom is -0.488 e. The number of amides is 1. The SMILES string of the molecule is O=C(O)CONC(=O)C1=Cc2cc(Cl)ccc2OC1. The van der Waals surface area contributed by atoms with Gasteiger partial charge in [-0.2, -0.15) is 0 Å². The Morgan fingerprint density at radius 1 is 1.47 bits per heavy atom. The lowest BCUT2D eigenvalue weighted by molar-refractivity contribution is -0.148. The van der Waals surface area contributed by atoms with Crippen LogP contribution in [0.3, 0.4) is 0 Å². The molecule has 6 nitrogen and oxygen atoms in total. The van der Waals surface area contributed by atoms with Gasteiger partial charge in [-0.25, -0.2) is 10.3 Å². The fourth-order valence-electron chi connectivity index (χ4n) is 1.51. The molecule has 1 aliphatic heterocycles. The van der Waals surface area contributed by atoms with Crippen LogP contribution in [-0.2, 0) is 14.4 Å². The van der Waals surface area contributed by atoms with Crippen molar-refractivity contribution in [2.45, 2.75) is 0 Å². The molecule has 0 fully saturated rings. The number of hydrogen-bond acceptors (Lipinski definition) is 4. The number of carboxylic acid groups (broad SMARTS) is 1. The quantitative estimate of drug-likeness (QED) is 0.812. The van der Waals surface area contributed by atoms with Crippen molar-refractivity contribution < 1.29 is 24.3 Å². The van der Waals surface area contributed by atoms with Crippen LogP contribution in [-0.4, -0.2) is 30.2 Å². The third kappa shape index (κ3) is 3.46. The van der Waals surface area contributed by atoms with E-state index in [1.54, 1.807) is 24.3 Å². The molecule has 7 heteroatoms. The standard InChI is InChI=1S/C12H10ClNO5/c13-9-1-2-10-7(4-9)3-8(5-18-10)12(17)14-19-6-11(15)16/h1-4H,5-6H2,(H,14,17)(H,15,16). The van der Waals surface area contributed by atoms with Gasteiger partial charge < -0.3 is 9.84 Å². The number of rotatable bonds is 4. The van der Waals surface area contributed by atoms with E-state index in [0.29, 0.717) is 21.9 Å². The number of nitrogens with one attached hydrogen (secondary N) is 1. The molecule has 1 heterocycles. The Bertz CT molecular complexity index is 555. The lowest BCUT2D eigenvalue weighted by atomic mass is 10.1. The maximum atomic E-state index is 11.7. The number of hydroxylamine groups is 1. The van der Waals surface area contributed by atoms with Crippen molar-refractivity contribution in [3.8, 4) is 5.75 Å². The number of ether oxygens (including phenoxy) is 1. The lowest BCUT2D eigenvalue weighted by Crippen LogP contribution is -2.30. The first-order valence-corrected chi connectivity index (χ1v) is 5.71. The number of aliphatic carboxylic acids is 1. The van der Waals surface area contributed by atoms with E-state index in [-0.39, 0.29) is 6.61 Å². The Kier molecular flexibility index (Phi) is 4.03. The minimum absolute atomic E-state index is 0.0803. The van der Waals surface area contributed by atoms with Crippen molar-refractivity contribution in [1.82, 2.24) is 5.48 Å². The molecule has 1 aromatic carbocycles. The fourth-order valence-corrected chi connectivity index (χ4v) is 1.69. The second-order valence-electron chi connectivity index (χ2n) is 3.75. The molecule has 0 bridgehead atoms. The zero-order valence-electron chi connectivity index (χ0n) is 9.68. The summed E-state index contributed by atoms with van der Waals surface area (Å²) in [4.78, 5) is 26.4. The van der Waals surface area contributed by atoms with Crippen molar-refractivity contribution in [3.63, 3.8) is 0 Å². The summed E-state index contributed by atoms with van der Waals surface area (Å²) in [6.07, 6.45) is 1.62. The van der Waals surface area contributed by atoms with Gasteiger partial charge in [-0.1, -0.05) is 11.6 Å². The van der Waals surface area contributed by atoms with E-state index >= 15 is 0 Å². The smallest absolute Gasteiger partial charge is 0.332 e. The predicted molar refractivity (Wildman–Crippen MR) is 66.7 cm³/mol. The minimum atomic E-state index is -1.17. The monoisotopic (exact) mass is 283 g/mol. The van der Waals surface area contributed by atoms with Crippen molar-refractivity contribution in [2.24, 2.45) is 0 Å². The van der Waals surface area contributed by atoms with Gasteiger partial charge in [-0.15, -0.1) is 0 Å². The molecule has 19 heavy (non-hydrogen) atoms. The molecule has 0 atom stereocenters. The summed E-state index contributed by atoms with van der Waals surface area (Å²) in [6.45, 7) is -0.529.